The van der Waals surface area contributed by atoms with E-state index in [2.05, 4.69) is 19.2 Å². The van der Waals surface area contributed by atoms with Crippen LogP contribution in [-0.2, 0) is 4.74 Å². The van der Waals surface area contributed by atoms with Crippen LogP contribution in [0.1, 0.15) is 30.6 Å². The zero-order valence-corrected chi connectivity index (χ0v) is 13.2. The molecule has 112 valence electrons. The molecule has 0 heterocycles. The van der Waals surface area contributed by atoms with E-state index >= 15 is 0 Å². The van der Waals surface area contributed by atoms with E-state index < -0.39 is 0 Å². The van der Waals surface area contributed by atoms with Gasteiger partial charge in [-0.3, -0.25) is 4.79 Å². The molecule has 1 amide bonds. The van der Waals surface area contributed by atoms with Gasteiger partial charge in [0.15, 0.2) is 0 Å². The Labute approximate surface area is 129 Å². The number of anilines is 1. The van der Waals surface area contributed by atoms with Crippen LogP contribution in [0.3, 0.4) is 0 Å². The van der Waals surface area contributed by atoms with Crippen LogP contribution in [0.5, 0.6) is 0 Å². The zero-order valence-electron chi connectivity index (χ0n) is 11.7. The average Bonchev–Trinajstić information content (AvgIpc) is 2.37. The Kier molecular flexibility index (Phi) is 7.13. The fourth-order valence-electron chi connectivity index (χ4n) is 1.53. The molecule has 20 heavy (non-hydrogen) atoms. The van der Waals surface area contributed by atoms with Crippen molar-refractivity contribution >= 4 is 34.8 Å². The molecular formula is C14H20Cl2N2O2. The molecule has 0 saturated carbocycles. The number of hydrogen-bond acceptors (Lipinski definition) is 3. The van der Waals surface area contributed by atoms with Crippen molar-refractivity contribution in [1.29, 1.82) is 0 Å². The first-order valence-electron chi connectivity index (χ1n) is 6.52. The Balaban J connectivity index is 2.40. The number of amides is 1. The summed E-state index contributed by atoms with van der Waals surface area (Å²) in [5.41, 5.74) is 6.32. The number of nitrogens with one attached hydrogen (secondary N) is 1. The number of nitrogen functional groups attached to an aromatic ring is 1. The monoisotopic (exact) mass is 318 g/mol. The topological polar surface area (TPSA) is 64.3 Å². The molecule has 0 bridgehead atoms. The summed E-state index contributed by atoms with van der Waals surface area (Å²) in [6.07, 6.45) is 1.00. The maximum atomic E-state index is 11.9. The van der Waals surface area contributed by atoms with E-state index in [9.17, 15) is 4.79 Å². The molecule has 0 fully saturated rings. The van der Waals surface area contributed by atoms with Gasteiger partial charge in [0, 0.05) is 18.8 Å². The molecule has 1 aromatic carbocycles. The third-order valence-electron chi connectivity index (χ3n) is 2.67. The molecular weight excluding hydrogens is 299 g/mol. The SMILES string of the molecule is CC(C)CCOCCNC(=O)c1cc(N)cc(Cl)c1Cl. The normalized spacial score (nSPS) is 10.8. The number of carbonyl (C=O) groups excluding carboxylic acids is 1. The lowest BCUT2D eigenvalue weighted by atomic mass is 10.1. The van der Waals surface area contributed by atoms with Crippen LogP contribution in [0.2, 0.25) is 10.0 Å². The van der Waals surface area contributed by atoms with Crippen LogP contribution >= 0.6 is 23.2 Å². The van der Waals surface area contributed by atoms with Crippen molar-refractivity contribution in [1.82, 2.24) is 5.32 Å². The highest BCUT2D eigenvalue weighted by Crippen LogP contribution is 2.28. The van der Waals surface area contributed by atoms with E-state index in [1.807, 2.05) is 0 Å². The van der Waals surface area contributed by atoms with Gasteiger partial charge >= 0.3 is 0 Å². The first kappa shape index (κ1) is 17.1. The smallest absolute Gasteiger partial charge is 0.253 e. The lowest BCUT2D eigenvalue weighted by Crippen LogP contribution is -2.27. The predicted molar refractivity (Wildman–Crippen MR) is 83.5 cm³/mol. The average molecular weight is 319 g/mol. The van der Waals surface area contributed by atoms with E-state index in [0.29, 0.717) is 31.4 Å². The van der Waals surface area contributed by atoms with E-state index in [-0.39, 0.29) is 21.5 Å². The summed E-state index contributed by atoms with van der Waals surface area (Å²) >= 11 is 11.9. The van der Waals surface area contributed by atoms with Gasteiger partial charge in [0.25, 0.3) is 5.91 Å². The molecule has 0 saturated heterocycles. The molecule has 1 aromatic rings. The first-order valence-corrected chi connectivity index (χ1v) is 7.28. The number of hydrogen-bond donors (Lipinski definition) is 2. The van der Waals surface area contributed by atoms with Gasteiger partial charge in [-0.2, -0.15) is 0 Å². The molecule has 0 atom stereocenters. The highest BCUT2D eigenvalue weighted by Gasteiger charge is 2.13. The van der Waals surface area contributed by atoms with Crippen molar-refractivity contribution in [3.05, 3.63) is 27.7 Å². The fraction of sp³-hybridized carbons (Fsp3) is 0.500. The summed E-state index contributed by atoms with van der Waals surface area (Å²) in [6.45, 7) is 5.84. The van der Waals surface area contributed by atoms with Crippen molar-refractivity contribution in [2.45, 2.75) is 20.3 Å². The molecule has 0 radical (unpaired) electrons. The number of nitrogens with two attached hydrogens (primary N) is 1. The Bertz CT molecular complexity index is 465. The van der Waals surface area contributed by atoms with Crippen LogP contribution in [0.25, 0.3) is 0 Å². The van der Waals surface area contributed by atoms with Gasteiger partial charge in [-0.15, -0.1) is 0 Å². The zero-order chi connectivity index (χ0) is 15.1. The Morgan fingerprint density at radius 2 is 2.05 bits per heavy atom. The second kappa shape index (κ2) is 8.35. The second-order valence-electron chi connectivity index (χ2n) is 4.92. The number of benzene rings is 1. The fourth-order valence-corrected chi connectivity index (χ4v) is 1.95. The van der Waals surface area contributed by atoms with Crippen LogP contribution < -0.4 is 11.1 Å². The number of halogens is 2. The second-order valence-corrected chi connectivity index (χ2v) is 5.70. The minimum absolute atomic E-state index is 0.207. The van der Waals surface area contributed by atoms with Crippen LogP contribution in [0.15, 0.2) is 12.1 Å². The number of ether oxygens (including phenoxy) is 1. The van der Waals surface area contributed by atoms with Crippen molar-refractivity contribution in [3.63, 3.8) is 0 Å². The van der Waals surface area contributed by atoms with E-state index in [4.69, 9.17) is 33.7 Å². The minimum Gasteiger partial charge on any atom is -0.399 e. The third-order valence-corrected chi connectivity index (χ3v) is 3.47. The van der Waals surface area contributed by atoms with E-state index in [1.54, 1.807) is 0 Å². The lowest BCUT2D eigenvalue weighted by molar-refractivity contribution is 0.0906. The largest absolute Gasteiger partial charge is 0.399 e. The van der Waals surface area contributed by atoms with Crippen LogP contribution in [0, 0.1) is 5.92 Å². The summed E-state index contributed by atoms with van der Waals surface area (Å²) in [6, 6.07) is 3.01. The van der Waals surface area contributed by atoms with E-state index in [1.165, 1.54) is 12.1 Å². The first-order chi connectivity index (χ1) is 9.41. The Morgan fingerprint density at radius 3 is 2.70 bits per heavy atom. The highest BCUT2D eigenvalue weighted by atomic mass is 35.5. The Morgan fingerprint density at radius 1 is 1.35 bits per heavy atom. The quantitative estimate of drug-likeness (QED) is 0.598. The van der Waals surface area contributed by atoms with Gasteiger partial charge in [-0.1, -0.05) is 37.0 Å². The van der Waals surface area contributed by atoms with Gasteiger partial charge in [-0.05, 0) is 24.5 Å². The van der Waals surface area contributed by atoms with Gasteiger partial charge in [0.2, 0.25) is 0 Å². The molecule has 4 nitrogen and oxygen atoms in total. The molecule has 3 N–H and O–H groups in total. The van der Waals surface area contributed by atoms with E-state index in [0.717, 1.165) is 6.42 Å². The summed E-state index contributed by atoms with van der Waals surface area (Å²) in [5.74, 6) is 0.300. The molecule has 6 heteroatoms. The third kappa shape index (κ3) is 5.57. The molecule has 0 aromatic heterocycles. The van der Waals surface area contributed by atoms with Crippen molar-refractivity contribution in [3.8, 4) is 0 Å². The molecule has 0 aliphatic rings. The molecule has 0 unspecified atom stereocenters. The summed E-state index contributed by atoms with van der Waals surface area (Å²) in [7, 11) is 0. The van der Waals surface area contributed by atoms with Gasteiger partial charge in [0.1, 0.15) is 0 Å². The van der Waals surface area contributed by atoms with Gasteiger partial charge in [0.05, 0.1) is 22.2 Å². The van der Waals surface area contributed by atoms with Gasteiger partial charge < -0.3 is 15.8 Å². The summed E-state index contributed by atoms with van der Waals surface area (Å²) in [4.78, 5) is 11.9. The minimum atomic E-state index is -0.309. The molecule has 0 aliphatic carbocycles. The Hall–Kier alpha value is -0.970. The van der Waals surface area contributed by atoms with Crippen LogP contribution in [-0.4, -0.2) is 25.7 Å². The maximum Gasteiger partial charge on any atom is 0.253 e. The molecule has 0 aliphatic heterocycles. The van der Waals surface area contributed by atoms with Crippen molar-refractivity contribution in [2.75, 3.05) is 25.5 Å². The van der Waals surface area contributed by atoms with Crippen LogP contribution in [0.4, 0.5) is 5.69 Å². The predicted octanol–water partition coefficient (Wildman–Crippen LogP) is 3.37. The summed E-state index contributed by atoms with van der Waals surface area (Å²) in [5, 5.41) is 3.20. The maximum absolute atomic E-state index is 11.9. The van der Waals surface area contributed by atoms with Crippen molar-refractivity contribution in [2.24, 2.45) is 5.92 Å². The number of rotatable bonds is 7. The lowest BCUT2D eigenvalue weighted by Gasteiger charge is -2.10. The summed E-state index contributed by atoms with van der Waals surface area (Å²) < 4.78 is 5.41. The molecule has 0 spiro atoms. The molecule has 1 rings (SSSR count). The van der Waals surface area contributed by atoms with Gasteiger partial charge in [-0.25, -0.2) is 0 Å². The highest BCUT2D eigenvalue weighted by molar-refractivity contribution is 6.44. The van der Waals surface area contributed by atoms with Crippen molar-refractivity contribution < 1.29 is 9.53 Å². The number of carbonyl (C=O) groups is 1. The standard InChI is InChI=1S/C14H20Cl2N2O2/c1-9(2)3-5-20-6-4-18-14(19)11-7-10(17)8-12(15)13(11)16/h7-9H,3-6,17H2,1-2H3,(H,18,19).